The SMILES string of the molecule is CCC(O)C1CC(N)CN(c2cc(F)ccc2F)C1. The molecule has 1 aromatic rings. The van der Waals surface area contributed by atoms with Crippen molar-refractivity contribution < 1.29 is 13.9 Å². The number of hydrogen-bond donors (Lipinski definition) is 2. The van der Waals surface area contributed by atoms with Crippen molar-refractivity contribution >= 4 is 5.69 Å². The van der Waals surface area contributed by atoms with E-state index in [1.165, 1.54) is 6.07 Å². The Kier molecular flexibility index (Phi) is 4.37. The van der Waals surface area contributed by atoms with E-state index in [2.05, 4.69) is 0 Å². The van der Waals surface area contributed by atoms with Gasteiger partial charge >= 0.3 is 0 Å². The minimum Gasteiger partial charge on any atom is -0.393 e. The highest BCUT2D eigenvalue weighted by Gasteiger charge is 2.30. The average molecular weight is 270 g/mol. The molecule has 1 saturated heterocycles. The van der Waals surface area contributed by atoms with Crippen LogP contribution in [0.15, 0.2) is 18.2 Å². The lowest BCUT2D eigenvalue weighted by atomic mass is 9.88. The second kappa shape index (κ2) is 5.84. The number of aliphatic hydroxyl groups excluding tert-OH is 1. The maximum atomic E-state index is 13.8. The summed E-state index contributed by atoms with van der Waals surface area (Å²) in [5, 5.41) is 9.94. The van der Waals surface area contributed by atoms with Gasteiger partial charge in [0, 0.05) is 31.1 Å². The predicted octanol–water partition coefficient (Wildman–Crippen LogP) is 1.89. The Balaban J connectivity index is 2.21. The Morgan fingerprint density at radius 2 is 2.16 bits per heavy atom. The van der Waals surface area contributed by atoms with Gasteiger partial charge in [0.25, 0.3) is 0 Å². The molecule has 0 spiro atoms. The maximum absolute atomic E-state index is 13.8. The molecule has 1 heterocycles. The van der Waals surface area contributed by atoms with Crippen molar-refractivity contribution in [3.8, 4) is 0 Å². The van der Waals surface area contributed by atoms with Gasteiger partial charge in [-0.25, -0.2) is 8.78 Å². The van der Waals surface area contributed by atoms with E-state index in [1.54, 1.807) is 4.90 Å². The van der Waals surface area contributed by atoms with Crippen LogP contribution in [0.25, 0.3) is 0 Å². The zero-order chi connectivity index (χ0) is 14.0. The summed E-state index contributed by atoms with van der Waals surface area (Å²) >= 11 is 0. The highest BCUT2D eigenvalue weighted by atomic mass is 19.1. The van der Waals surface area contributed by atoms with Crippen molar-refractivity contribution in [2.45, 2.75) is 31.9 Å². The van der Waals surface area contributed by atoms with Crippen molar-refractivity contribution in [1.82, 2.24) is 0 Å². The molecule has 1 fully saturated rings. The number of nitrogens with zero attached hydrogens (tertiary/aromatic N) is 1. The van der Waals surface area contributed by atoms with Crippen LogP contribution in [-0.4, -0.2) is 30.3 Å². The molecule has 3 atom stereocenters. The third-order valence-electron chi connectivity index (χ3n) is 3.73. The van der Waals surface area contributed by atoms with E-state index in [-0.39, 0.29) is 17.6 Å². The lowest BCUT2D eigenvalue weighted by Gasteiger charge is -2.39. The summed E-state index contributed by atoms with van der Waals surface area (Å²) in [7, 11) is 0. The van der Waals surface area contributed by atoms with Crippen LogP contribution >= 0.6 is 0 Å². The monoisotopic (exact) mass is 270 g/mol. The van der Waals surface area contributed by atoms with Gasteiger partial charge in [0.1, 0.15) is 11.6 Å². The number of anilines is 1. The molecule has 0 saturated carbocycles. The van der Waals surface area contributed by atoms with Crippen LogP contribution in [0.5, 0.6) is 0 Å². The van der Waals surface area contributed by atoms with Crippen LogP contribution in [0.4, 0.5) is 14.5 Å². The molecule has 19 heavy (non-hydrogen) atoms. The zero-order valence-electron chi connectivity index (χ0n) is 11.0. The number of nitrogens with two attached hydrogens (primary N) is 1. The van der Waals surface area contributed by atoms with Crippen LogP contribution < -0.4 is 10.6 Å². The third-order valence-corrected chi connectivity index (χ3v) is 3.73. The first-order chi connectivity index (χ1) is 9.01. The lowest BCUT2D eigenvalue weighted by Crippen LogP contribution is -2.50. The van der Waals surface area contributed by atoms with Gasteiger partial charge in [0.2, 0.25) is 0 Å². The van der Waals surface area contributed by atoms with Gasteiger partial charge in [-0.2, -0.15) is 0 Å². The summed E-state index contributed by atoms with van der Waals surface area (Å²) in [6.45, 7) is 2.88. The molecule has 1 aliphatic rings. The third kappa shape index (κ3) is 3.22. The molecule has 5 heteroatoms. The van der Waals surface area contributed by atoms with Gasteiger partial charge in [-0.3, -0.25) is 0 Å². The van der Waals surface area contributed by atoms with Gasteiger partial charge in [-0.1, -0.05) is 6.92 Å². The minimum absolute atomic E-state index is 0.00332. The standard InChI is InChI=1S/C14H20F2N2O/c1-2-14(19)9-5-11(17)8-18(7-9)13-6-10(15)3-4-12(13)16/h3-4,6,9,11,14,19H,2,5,7-8,17H2,1H3. The molecule has 2 rings (SSSR count). The second-order valence-electron chi connectivity index (χ2n) is 5.23. The molecule has 106 valence electrons. The zero-order valence-corrected chi connectivity index (χ0v) is 11.0. The van der Waals surface area contributed by atoms with E-state index < -0.39 is 17.7 Å². The van der Waals surface area contributed by atoms with Crippen molar-refractivity contribution in [3.05, 3.63) is 29.8 Å². The van der Waals surface area contributed by atoms with E-state index in [4.69, 9.17) is 5.73 Å². The number of halogens is 2. The summed E-state index contributed by atoms with van der Waals surface area (Å²) in [5.41, 5.74) is 6.19. The fourth-order valence-corrected chi connectivity index (χ4v) is 2.72. The first-order valence-corrected chi connectivity index (χ1v) is 6.65. The van der Waals surface area contributed by atoms with Crippen LogP contribution in [0.2, 0.25) is 0 Å². The van der Waals surface area contributed by atoms with E-state index in [9.17, 15) is 13.9 Å². The van der Waals surface area contributed by atoms with E-state index in [1.807, 2.05) is 6.92 Å². The van der Waals surface area contributed by atoms with Crippen molar-refractivity contribution in [2.75, 3.05) is 18.0 Å². The molecule has 3 unspecified atom stereocenters. The molecule has 3 N–H and O–H groups in total. The van der Waals surface area contributed by atoms with Gasteiger partial charge in [-0.15, -0.1) is 0 Å². The van der Waals surface area contributed by atoms with E-state index in [0.29, 0.717) is 25.9 Å². The number of piperidine rings is 1. The smallest absolute Gasteiger partial charge is 0.146 e. The molecule has 0 aliphatic carbocycles. The van der Waals surface area contributed by atoms with Crippen LogP contribution in [0.3, 0.4) is 0 Å². The molecule has 3 nitrogen and oxygen atoms in total. The summed E-state index contributed by atoms with van der Waals surface area (Å²) in [5.74, 6) is -0.931. The average Bonchev–Trinajstić information content (AvgIpc) is 2.39. The highest BCUT2D eigenvalue weighted by molar-refractivity contribution is 5.48. The molecule has 0 aromatic heterocycles. The van der Waals surface area contributed by atoms with E-state index >= 15 is 0 Å². The first kappa shape index (κ1) is 14.2. The Hall–Kier alpha value is -1.20. The fourth-order valence-electron chi connectivity index (χ4n) is 2.72. The molecular formula is C14H20F2N2O. The number of aliphatic hydroxyl groups is 1. The largest absolute Gasteiger partial charge is 0.393 e. The number of rotatable bonds is 3. The number of hydrogen-bond acceptors (Lipinski definition) is 3. The first-order valence-electron chi connectivity index (χ1n) is 6.65. The van der Waals surface area contributed by atoms with Crippen LogP contribution in [-0.2, 0) is 0 Å². The summed E-state index contributed by atoms with van der Waals surface area (Å²) < 4.78 is 27.0. The summed E-state index contributed by atoms with van der Waals surface area (Å²) in [6.07, 6.45) is 0.893. The summed E-state index contributed by atoms with van der Waals surface area (Å²) in [6, 6.07) is 3.27. The predicted molar refractivity (Wildman–Crippen MR) is 71.0 cm³/mol. The molecule has 0 bridgehead atoms. The van der Waals surface area contributed by atoms with Crippen LogP contribution in [0, 0.1) is 17.6 Å². The van der Waals surface area contributed by atoms with Crippen molar-refractivity contribution in [1.29, 1.82) is 0 Å². The van der Waals surface area contributed by atoms with Gasteiger partial charge < -0.3 is 15.7 Å². The van der Waals surface area contributed by atoms with Gasteiger partial charge in [-0.05, 0) is 25.0 Å². The lowest BCUT2D eigenvalue weighted by molar-refractivity contribution is 0.0900. The molecule has 0 radical (unpaired) electrons. The second-order valence-corrected chi connectivity index (χ2v) is 5.23. The Morgan fingerprint density at radius 3 is 2.84 bits per heavy atom. The minimum atomic E-state index is -0.469. The quantitative estimate of drug-likeness (QED) is 0.882. The topological polar surface area (TPSA) is 49.5 Å². The fraction of sp³-hybridized carbons (Fsp3) is 0.571. The Labute approximate surface area is 112 Å². The van der Waals surface area contributed by atoms with Crippen molar-refractivity contribution in [2.24, 2.45) is 11.7 Å². The van der Waals surface area contributed by atoms with E-state index in [0.717, 1.165) is 12.1 Å². The maximum Gasteiger partial charge on any atom is 0.146 e. The van der Waals surface area contributed by atoms with Gasteiger partial charge in [0.05, 0.1) is 11.8 Å². The molecule has 0 amide bonds. The summed E-state index contributed by atoms with van der Waals surface area (Å²) in [4.78, 5) is 1.73. The normalized spacial score (nSPS) is 25.4. The Morgan fingerprint density at radius 1 is 1.42 bits per heavy atom. The number of benzene rings is 1. The van der Waals surface area contributed by atoms with Crippen molar-refractivity contribution in [3.63, 3.8) is 0 Å². The molecule has 1 aromatic carbocycles. The Bertz CT molecular complexity index is 441. The highest BCUT2D eigenvalue weighted by Crippen LogP contribution is 2.28. The molecular weight excluding hydrogens is 250 g/mol. The van der Waals surface area contributed by atoms with Gasteiger partial charge in [0.15, 0.2) is 0 Å². The van der Waals surface area contributed by atoms with Crippen LogP contribution in [0.1, 0.15) is 19.8 Å². The molecule has 1 aliphatic heterocycles.